The van der Waals surface area contributed by atoms with E-state index in [-0.39, 0.29) is 17.6 Å². The fraction of sp³-hybridized carbons (Fsp3) is 0.308. The molecule has 1 N–H and O–H groups in total. The molecule has 2 aromatic carbocycles. The molecule has 8 nitrogen and oxygen atoms in total. The third-order valence-corrected chi connectivity index (χ3v) is 5.82. The number of amides is 1. The Kier molecular flexibility index (Phi) is 6.17. The van der Waals surface area contributed by atoms with Crippen LogP contribution in [0.1, 0.15) is 19.5 Å². The summed E-state index contributed by atoms with van der Waals surface area (Å²) in [5.41, 5.74) is 2.11. The zero-order valence-electron chi connectivity index (χ0n) is 19.8. The highest BCUT2D eigenvalue weighted by Gasteiger charge is 2.25. The van der Waals surface area contributed by atoms with Gasteiger partial charge in [0, 0.05) is 40.8 Å². The fourth-order valence-corrected chi connectivity index (χ4v) is 4.19. The first-order chi connectivity index (χ1) is 16.9. The van der Waals surface area contributed by atoms with Gasteiger partial charge in [0.05, 0.1) is 31.4 Å². The Hall–Kier alpha value is -3.85. The first-order valence-electron chi connectivity index (χ1n) is 11.5. The minimum absolute atomic E-state index is 0.0699. The van der Waals surface area contributed by atoms with Crippen LogP contribution in [0.5, 0.6) is 23.0 Å². The van der Waals surface area contributed by atoms with Crippen LogP contribution < -0.4 is 14.2 Å². The second-order valence-corrected chi connectivity index (χ2v) is 8.45. The lowest BCUT2D eigenvalue weighted by atomic mass is 10.1. The van der Waals surface area contributed by atoms with Gasteiger partial charge in [-0.3, -0.25) is 4.98 Å². The van der Waals surface area contributed by atoms with Crippen molar-refractivity contribution in [3.8, 4) is 23.0 Å². The molecule has 182 valence electrons. The average molecular weight is 480 g/mol. The van der Waals surface area contributed by atoms with Crippen molar-refractivity contribution in [1.29, 1.82) is 0 Å². The van der Waals surface area contributed by atoms with Gasteiger partial charge in [-0.15, -0.1) is 0 Å². The van der Waals surface area contributed by atoms with Crippen molar-refractivity contribution in [3.05, 3.63) is 54.1 Å². The van der Waals surface area contributed by atoms with Crippen LogP contribution in [0.15, 0.2) is 42.6 Å². The van der Waals surface area contributed by atoms with Gasteiger partial charge in [-0.05, 0) is 51.1 Å². The highest BCUT2D eigenvalue weighted by molar-refractivity contribution is 5.89. The second-order valence-electron chi connectivity index (χ2n) is 8.45. The predicted molar refractivity (Wildman–Crippen MR) is 129 cm³/mol. The molecule has 5 rings (SSSR count). The van der Waals surface area contributed by atoms with E-state index >= 15 is 4.39 Å². The molecule has 1 amide bonds. The molecule has 1 aliphatic heterocycles. The summed E-state index contributed by atoms with van der Waals surface area (Å²) in [6.07, 6.45) is 1.01. The Balaban J connectivity index is 1.51. The van der Waals surface area contributed by atoms with Crippen molar-refractivity contribution in [2.75, 3.05) is 26.3 Å². The SMILES string of the molecule is CCOc1cc2nccc(Oc3ccc4[nH]c(C)cc4c3F)c2cc1OC(=O)N1CCO[C@@H](C)C1. The zero-order valence-corrected chi connectivity index (χ0v) is 19.8. The third kappa shape index (κ3) is 4.59. The number of nitrogens with one attached hydrogen (secondary N) is 1. The van der Waals surface area contributed by atoms with E-state index in [0.29, 0.717) is 59.6 Å². The molecule has 9 heteroatoms. The molecule has 1 atom stereocenters. The number of hydrogen-bond acceptors (Lipinski definition) is 6. The monoisotopic (exact) mass is 479 g/mol. The first-order valence-corrected chi connectivity index (χ1v) is 11.5. The molecular weight excluding hydrogens is 453 g/mol. The quantitative estimate of drug-likeness (QED) is 0.403. The minimum atomic E-state index is -0.494. The summed E-state index contributed by atoms with van der Waals surface area (Å²) in [4.78, 5) is 22.0. The molecule has 0 radical (unpaired) electrons. The van der Waals surface area contributed by atoms with Gasteiger partial charge < -0.3 is 28.8 Å². The number of carbonyl (C=O) groups is 1. The summed E-state index contributed by atoms with van der Waals surface area (Å²) in [6, 6.07) is 10.1. The fourth-order valence-electron chi connectivity index (χ4n) is 4.19. The molecule has 0 saturated carbocycles. The topological polar surface area (TPSA) is 85.9 Å². The van der Waals surface area contributed by atoms with Crippen molar-refractivity contribution in [2.45, 2.75) is 26.9 Å². The molecule has 0 spiro atoms. The Bertz CT molecular complexity index is 1400. The number of hydrogen-bond donors (Lipinski definition) is 1. The van der Waals surface area contributed by atoms with Crippen molar-refractivity contribution >= 4 is 27.9 Å². The van der Waals surface area contributed by atoms with Crippen molar-refractivity contribution in [2.24, 2.45) is 0 Å². The van der Waals surface area contributed by atoms with Gasteiger partial charge in [-0.1, -0.05) is 0 Å². The van der Waals surface area contributed by atoms with Crippen molar-refractivity contribution in [3.63, 3.8) is 0 Å². The molecule has 0 unspecified atom stereocenters. The van der Waals surface area contributed by atoms with E-state index in [0.717, 1.165) is 5.69 Å². The summed E-state index contributed by atoms with van der Waals surface area (Å²) in [5.74, 6) is 0.614. The molecule has 4 aromatic rings. The van der Waals surface area contributed by atoms with Crippen LogP contribution >= 0.6 is 0 Å². The van der Waals surface area contributed by atoms with E-state index < -0.39 is 11.9 Å². The van der Waals surface area contributed by atoms with Gasteiger partial charge in [0.2, 0.25) is 0 Å². The van der Waals surface area contributed by atoms with Crippen LogP contribution in [-0.2, 0) is 4.74 Å². The molecule has 35 heavy (non-hydrogen) atoms. The lowest BCUT2D eigenvalue weighted by Gasteiger charge is -2.30. The lowest BCUT2D eigenvalue weighted by Crippen LogP contribution is -2.45. The van der Waals surface area contributed by atoms with E-state index in [2.05, 4.69) is 9.97 Å². The van der Waals surface area contributed by atoms with Gasteiger partial charge >= 0.3 is 6.09 Å². The maximum absolute atomic E-state index is 15.2. The molecule has 3 heterocycles. The van der Waals surface area contributed by atoms with Crippen LogP contribution in [-0.4, -0.2) is 53.4 Å². The number of carbonyl (C=O) groups excluding carboxylic acids is 1. The molecule has 1 fully saturated rings. The van der Waals surface area contributed by atoms with E-state index in [1.54, 1.807) is 47.5 Å². The number of ether oxygens (including phenoxy) is 4. The number of pyridine rings is 1. The van der Waals surface area contributed by atoms with Crippen LogP contribution in [0.25, 0.3) is 21.8 Å². The van der Waals surface area contributed by atoms with Gasteiger partial charge in [0.1, 0.15) is 5.75 Å². The van der Waals surface area contributed by atoms with Gasteiger partial charge in [-0.2, -0.15) is 0 Å². The normalized spacial score (nSPS) is 16.0. The molecular formula is C26H26FN3O5. The summed E-state index contributed by atoms with van der Waals surface area (Å²) < 4.78 is 38.1. The van der Waals surface area contributed by atoms with Crippen LogP contribution in [0.3, 0.4) is 0 Å². The summed E-state index contributed by atoms with van der Waals surface area (Å²) in [7, 11) is 0. The highest BCUT2D eigenvalue weighted by atomic mass is 19.1. The molecule has 0 bridgehead atoms. The highest BCUT2D eigenvalue weighted by Crippen LogP contribution is 2.39. The molecule has 0 aliphatic carbocycles. The van der Waals surface area contributed by atoms with Crippen LogP contribution in [0.2, 0.25) is 0 Å². The average Bonchev–Trinajstić information content (AvgIpc) is 3.23. The van der Waals surface area contributed by atoms with Gasteiger partial charge in [-0.25, -0.2) is 9.18 Å². The van der Waals surface area contributed by atoms with E-state index in [1.165, 1.54) is 0 Å². The molecule has 2 aromatic heterocycles. The van der Waals surface area contributed by atoms with E-state index in [1.807, 2.05) is 20.8 Å². The minimum Gasteiger partial charge on any atom is -0.490 e. The smallest absolute Gasteiger partial charge is 0.415 e. The maximum atomic E-state index is 15.2. The van der Waals surface area contributed by atoms with Crippen LogP contribution in [0.4, 0.5) is 9.18 Å². The Morgan fingerprint density at radius 2 is 2.03 bits per heavy atom. The van der Waals surface area contributed by atoms with Gasteiger partial charge in [0.15, 0.2) is 23.1 Å². The molecule has 1 aliphatic rings. The number of nitrogens with zero attached hydrogens (tertiary/aromatic N) is 2. The third-order valence-electron chi connectivity index (χ3n) is 5.82. The number of benzene rings is 2. The Morgan fingerprint density at radius 1 is 1.17 bits per heavy atom. The van der Waals surface area contributed by atoms with Crippen molar-refractivity contribution in [1.82, 2.24) is 14.9 Å². The standard InChI is InChI=1S/C26H26FN3O5/c1-4-32-23-13-20-17(12-24(23)35-26(31)30-9-10-33-16(3)14-30)21(7-8-28-20)34-22-6-5-19-18(25(22)27)11-15(2)29-19/h5-8,11-13,16,29H,4,9-10,14H2,1-3H3/t16-/m0/s1. The Morgan fingerprint density at radius 3 is 2.83 bits per heavy atom. The summed E-state index contributed by atoms with van der Waals surface area (Å²) >= 11 is 0. The summed E-state index contributed by atoms with van der Waals surface area (Å²) in [6.45, 7) is 7.32. The van der Waals surface area contributed by atoms with E-state index in [4.69, 9.17) is 18.9 Å². The largest absolute Gasteiger partial charge is 0.490 e. The number of H-pyrrole nitrogens is 1. The van der Waals surface area contributed by atoms with Crippen molar-refractivity contribution < 1.29 is 28.1 Å². The number of morpholine rings is 1. The van der Waals surface area contributed by atoms with E-state index in [9.17, 15) is 4.79 Å². The first kappa shape index (κ1) is 22.9. The summed E-state index contributed by atoms with van der Waals surface area (Å²) in [5, 5.41) is 1.00. The second kappa shape index (κ2) is 9.42. The number of fused-ring (bicyclic) bond motifs is 2. The number of aromatic nitrogens is 2. The maximum Gasteiger partial charge on any atom is 0.415 e. The number of aryl methyl sites for hydroxylation is 1. The lowest BCUT2D eigenvalue weighted by molar-refractivity contribution is -0.0106. The number of rotatable bonds is 5. The predicted octanol–water partition coefficient (Wildman–Crippen LogP) is 5.57. The number of halogens is 1. The zero-order chi connectivity index (χ0) is 24.5. The Labute approximate surface area is 201 Å². The van der Waals surface area contributed by atoms with Gasteiger partial charge in [0.25, 0.3) is 0 Å². The number of aromatic amines is 1. The molecule has 1 saturated heterocycles. The van der Waals surface area contributed by atoms with Crippen LogP contribution in [0, 0.1) is 12.7 Å².